The number of hydrogen-bond donors (Lipinski definition) is 2. The lowest BCUT2D eigenvalue weighted by Gasteiger charge is -2.26. The van der Waals surface area contributed by atoms with Crippen molar-refractivity contribution in [3.8, 4) is 0 Å². The maximum atomic E-state index is 13.3. The van der Waals surface area contributed by atoms with E-state index in [1.165, 1.54) is 15.9 Å². The van der Waals surface area contributed by atoms with E-state index in [1.807, 2.05) is 0 Å². The van der Waals surface area contributed by atoms with Gasteiger partial charge < -0.3 is 10.5 Å². The van der Waals surface area contributed by atoms with Gasteiger partial charge in [-0.25, -0.2) is 24.8 Å². The highest BCUT2D eigenvalue weighted by Crippen LogP contribution is 2.35. The molecule has 10 nitrogen and oxygen atoms in total. The van der Waals surface area contributed by atoms with E-state index >= 15 is 0 Å². The normalized spacial score (nSPS) is 16.5. The van der Waals surface area contributed by atoms with Crippen LogP contribution in [-0.4, -0.2) is 31.9 Å². The van der Waals surface area contributed by atoms with Crippen LogP contribution >= 0.6 is 11.3 Å². The number of primary amides is 1. The zero-order valence-corrected chi connectivity index (χ0v) is 20.3. The first-order chi connectivity index (χ1) is 15.5. The van der Waals surface area contributed by atoms with Gasteiger partial charge in [-0.15, -0.1) is 11.3 Å². The van der Waals surface area contributed by atoms with Crippen molar-refractivity contribution in [2.24, 2.45) is 11.7 Å². The van der Waals surface area contributed by atoms with Gasteiger partial charge in [0.2, 0.25) is 0 Å². The average molecular weight is 478 g/mol. The first kappa shape index (κ1) is 23.3. The van der Waals surface area contributed by atoms with Crippen LogP contribution < -0.4 is 22.4 Å². The first-order valence-electron chi connectivity index (χ1n) is 11.3. The Bertz CT molecular complexity index is 1210. The van der Waals surface area contributed by atoms with Gasteiger partial charge in [-0.2, -0.15) is 0 Å². The lowest BCUT2D eigenvalue weighted by Crippen LogP contribution is -2.49. The van der Waals surface area contributed by atoms with E-state index in [2.05, 4.69) is 5.43 Å². The molecular formula is C22H31N5O5S. The largest absolute Gasteiger partial charge is 0.443 e. The fourth-order valence-corrected chi connectivity index (χ4v) is 5.33. The highest BCUT2D eigenvalue weighted by Gasteiger charge is 2.32. The quantitative estimate of drug-likeness (QED) is 0.640. The van der Waals surface area contributed by atoms with Crippen LogP contribution in [0.1, 0.15) is 69.4 Å². The number of carbonyl (C=O) groups is 2. The Morgan fingerprint density at radius 3 is 2.39 bits per heavy atom. The molecule has 4 rings (SSSR count). The summed E-state index contributed by atoms with van der Waals surface area (Å²) in [5.74, 6) is 0.429. The van der Waals surface area contributed by atoms with Gasteiger partial charge >= 0.3 is 17.8 Å². The number of rotatable bonds is 5. The summed E-state index contributed by atoms with van der Waals surface area (Å²) in [6, 6.07) is -0.902. The molecule has 0 aliphatic heterocycles. The van der Waals surface area contributed by atoms with E-state index < -0.39 is 17.7 Å². The second-order valence-corrected chi connectivity index (χ2v) is 11.0. The summed E-state index contributed by atoms with van der Waals surface area (Å²) in [6.07, 6.45) is 4.15. The predicted molar refractivity (Wildman–Crippen MR) is 125 cm³/mol. The fourth-order valence-electron chi connectivity index (χ4n) is 4.04. The highest BCUT2D eigenvalue weighted by molar-refractivity contribution is 7.18. The predicted octanol–water partition coefficient (Wildman–Crippen LogP) is 2.99. The average Bonchev–Trinajstić information content (AvgIpc) is 3.42. The van der Waals surface area contributed by atoms with Crippen molar-refractivity contribution in [1.29, 1.82) is 0 Å². The van der Waals surface area contributed by atoms with Crippen molar-refractivity contribution in [3.63, 3.8) is 0 Å². The molecule has 2 aromatic rings. The van der Waals surface area contributed by atoms with Crippen LogP contribution in [0.5, 0.6) is 0 Å². The number of nitrogens with zero attached hydrogens (tertiary/aromatic N) is 3. The SMILES string of the molecule is Cc1c(CN(NC(=O)OC(C)(C)C)C(N)=O)sc2c1c(=O)n(C1CC1)c(=O)n2CC1CCC1. The number of thiophene rings is 1. The van der Waals surface area contributed by atoms with Crippen molar-refractivity contribution in [1.82, 2.24) is 19.6 Å². The number of hydrogen-bond acceptors (Lipinski definition) is 6. The van der Waals surface area contributed by atoms with Gasteiger partial charge in [-0.3, -0.25) is 13.9 Å². The third-order valence-corrected chi connectivity index (χ3v) is 7.41. The van der Waals surface area contributed by atoms with Crippen molar-refractivity contribution in [2.75, 3.05) is 0 Å². The molecule has 2 aliphatic rings. The van der Waals surface area contributed by atoms with Crippen LogP contribution in [0.4, 0.5) is 9.59 Å². The summed E-state index contributed by atoms with van der Waals surface area (Å²) in [4.78, 5) is 52.1. The van der Waals surface area contributed by atoms with E-state index in [-0.39, 0.29) is 23.8 Å². The Hall–Kier alpha value is -2.82. The molecule has 0 spiro atoms. The third kappa shape index (κ3) is 4.78. The Balaban J connectivity index is 1.73. The molecule has 3 amide bonds. The number of ether oxygens (including phenoxy) is 1. The summed E-state index contributed by atoms with van der Waals surface area (Å²) < 4.78 is 8.35. The molecule has 2 aliphatic carbocycles. The van der Waals surface area contributed by atoms with Crippen molar-refractivity contribution in [3.05, 3.63) is 31.3 Å². The lowest BCUT2D eigenvalue weighted by atomic mass is 9.85. The number of carbonyl (C=O) groups excluding carboxylic acids is 2. The minimum Gasteiger partial charge on any atom is -0.443 e. The second-order valence-electron chi connectivity index (χ2n) is 9.96. The Morgan fingerprint density at radius 1 is 1.21 bits per heavy atom. The Labute approximate surface area is 195 Å². The zero-order valence-electron chi connectivity index (χ0n) is 19.5. The Kier molecular flexibility index (Phi) is 6.02. The monoisotopic (exact) mass is 477 g/mol. The number of nitrogens with two attached hydrogens (primary N) is 1. The number of fused-ring (bicyclic) bond motifs is 1. The molecule has 0 atom stereocenters. The molecule has 0 radical (unpaired) electrons. The molecule has 2 heterocycles. The van der Waals surface area contributed by atoms with E-state index in [0.717, 1.165) is 37.1 Å². The molecule has 0 unspecified atom stereocenters. The van der Waals surface area contributed by atoms with Gasteiger partial charge in [0.05, 0.1) is 11.9 Å². The van der Waals surface area contributed by atoms with Crippen molar-refractivity contribution < 1.29 is 14.3 Å². The van der Waals surface area contributed by atoms with Gasteiger partial charge in [0.25, 0.3) is 5.56 Å². The molecule has 0 aromatic carbocycles. The topological polar surface area (TPSA) is 129 Å². The van der Waals surface area contributed by atoms with Gasteiger partial charge in [0.15, 0.2) is 0 Å². The van der Waals surface area contributed by atoms with Crippen molar-refractivity contribution >= 4 is 33.7 Å². The summed E-state index contributed by atoms with van der Waals surface area (Å²) in [6.45, 7) is 7.48. The van der Waals surface area contributed by atoms with Crippen LogP contribution in [0.15, 0.2) is 9.59 Å². The molecule has 33 heavy (non-hydrogen) atoms. The minimum atomic E-state index is -0.861. The molecule has 11 heteroatoms. The van der Waals surface area contributed by atoms with Gasteiger partial charge in [0.1, 0.15) is 10.4 Å². The van der Waals surface area contributed by atoms with E-state index in [0.29, 0.717) is 33.1 Å². The molecule has 2 aromatic heterocycles. The van der Waals surface area contributed by atoms with E-state index in [1.54, 1.807) is 32.3 Å². The van der Waals surface area contributed by atoms with Gasteiger partial charge in [-0.05, 0) is 64.9 Å². The fraction of sp³-hybridized carbons (Fsp3) is 0.636. The minimum absolute atomic E-state index is 0.0410. The van der Waals surface area contributed by atoms with Crippen LogP contribution in [-0.2, 0) is 17.8 Å². The zero-order chi connectivity index (χ0) is 24.1. The molecule has 0 bridgehead atoms. The molecule has 2 fully saturated rings. The maximum Gasteiger partial charge on any atom is 0.426 e. The molecule has 2 saturated carbocycles. The molecule has 3 N–H and O–H groups in total. The number of aryl methyl sites for hydroxylation is 1. The third-order valence-electron chi connectivity index (χ3n) is 6.11. The summed E-state index contributed by atoms with van der Waals surface area (Å²) in [5.41, 5.74) is 7.27. The highest BCUT2D eigenvalue weighted by atomic mass is 32.1. The molecule has 180 valence electrons. The first-order valence-corrected chi connectivity index (χ1v) is 12.1. The standard InChI is InChI=1S/C22H31N5O5S/c1-12-15(11-26(19(23)29)24-20(30)32-22(2,3)4)33-18-16(12)17(28)27(14-8-9-14)21(31)25(18)10-13-6-5-7-13/h13-14H,5-11H2,1-4H3,(H2,23,29)(H,24,30). The summed E-state index contributed by atoms with van der Waals surface area (Å²) in [7, 11) is 0. The number of urea groups is 1. The lowest BCUT2D eigenvalue weighted by molar-refractivity contribution is 0.0376. The van der Waals surface area contributed by atoms with E-state index in [9.17, 15) is 19.2 Å². The molecule has 0 saturated heterocycles. The maximum absolute atomic E-state index is 13.3. The summed E-state index contributed by atoms with van der Waals surface area (Å²) in [5, 5.41) is 1.46. The van der Waals surface area contributed by atoms with Gasteiger partial charge in [0, 0.05) is 17.5 Å². The number of nitrogens with one attached hydrogen (secondary N) is 1. The van der Waals surface area contributed by atoms with Crippen LogP contribution in [0.2, 0.25) is 0 Å². The van der Waals surface area contributed by atoms with Gasteiger partial charge in [-0.1, -0.05) is 6.42 Å². The summed E-state index contributed by atoms with van der Waals surface area (Å²) >= 11 is 1.29. The number of aromatic nitrogens is 2. The van der Waals surface area contributed by atoms with Crippen molar-refractivity contribution in [2.45, 2.75) is 84.5 Å². The number of amides is 3. The number of hydrazine groups is 1. The van der Waals surface area contributed by atoms with Crippen LogP contribution in [0.3, 0.4) is 0 Å². The smallest absolute Gasteiger partial charge is 0.426 e. The second kappa shape index (κ2) is 8.51. The molecular weight excluding hydrogens is 446 g/mol. The van der Waals surface area contributed by atoms with E-state index in [4.69, 9.17) is 10.5 Å². The Morgan fingerprint density at radius 2 is 1.88 bits per heavy atom. The van der Waals surface area contributed by atoms with Crippen LogP contribution in [0.25, 0.3) is 10.2 Å². The van der Waals surface area contributed by atoms with Crippen LogP contribution in [0, 0.1) is 12.8 Å².